The van der Waals surface area contributed by atoms with Gasteiger partial charge < -0.3 is 10.4 Å². The largest absolute Gasteiger partial charge is 0.480 e. The number of carbonyl (C=O) groups excluding carboxylic acids is 1. The zero-order valence-electron chi connectivity index (χ0n) is 10.3. The lowest BCUT2D eigenvalue weighted by Crippen LogP contribution is -2.36. The van der Waals surface area contributed by atoms with Crippen LogP contribution in [0.1, 0.15) is 6.92 Å². The number of carbonyl (C=O) groups is 2. The molecule has 1 amide bonds. The van der Waals surface area contributed by atoms with Gasteiger partial charge in [0.05, 0.1) is 18.8 Å². The number of benzene rings is 1. The van der Waals surface area contributed by atoms with Crippen molar-refractivity contribution >= 4 is 49.4 Å². The Morgan fingerprint density at radius 3 is 2.53 bits per heavy atom. The molecule has 0 saturated heterocycles. The SMILES string of the molecule is CCN(CC(=O)O)CC(=O)Nc1ccc(Br)cc1Br. The molecule has 0 atom stereocenters. The van der Waals surface area contributed by atoms with E-state index in [1.165, 1.54) is 0 Å². The lowest BCUT2D eigenvalue weighted by Gasteiger charge is -2.17. The molecule has 0 spiro atoms. The van der Waals surface area contributed by atoms with Crippen molar-refractivity contribution in [3.8, 4) is 0 Å². The van der Waals surface area contributed by atoms with Crippen LogP contribution < -0.4 is 5.32 Å². The normalized spacial score (nSPS) is 10.5. The Morgan fingerprint density at radius 2 is 2.00 bits per heavy atom. The summed E-state index contributed by atoms with van der Waals surface area (Å²) >= 11 is 6.67. The zero-order chi connectivity index (χ0) is 14.4. The van der Waals surface area contributed by atoms with Gasteiger partial charge in [-0.2, -0.15) is 0 Å². The molecule has 5 nitrogen and oxygen atoms in total. The number of carboxylic acids is 1. The predicted octanol–water partition coefficient (Wildman–Crippen LogP) is 2.56. The van der Waals surface area contributed by atoms with Gasteiger partial charge in [0.1, 0.15) is 0 Å². The van der Waals surface area contributed by atoms with Gasteiger partial charge in [-0.25, -0.2) is 0 Å². The van der Waals surface area contributed by atoms with E-state index in [4.69, 9.17) is 5.11 Å². The number of amides is 1. The number of likely N-dealkylation sites (N-methyl/N-ethyl adjacent to an activating group) is 1. The number of aliphatic carboxylic acids is 1. The first-order chi connectivity index (χ1) is 8.92. The van der Waals surface area contributed by atoms with Crippen LogP contribution in [0, 0.1) is 0 Å². The van der Waals surface area contributed by atoms with E-state index in [1.807, 2.05) is 19.1 Å². The van der Waals surface area contributed by atoms with E-state index < -0.39 is 5.97 Å². The first-order valence-corrected chi connectivity index (χ1v) is 7.20. The topological polar surface area (TPSA) is 69.6 Å². The molecular weight excluding hydrogens is 380 g/mol. The molecule has 0 aromatic heterocycles. The maximum atomic E-state index is 11.8. The lowest BCUT2D eigenvalue weighted by atomic mass is 10.3. The average molecular weight is 394 g/mol. The Bertz CT molecular complexity index is 480. The Kier molecular flexibility index (Phi) is 6.47. The fraction of sp³-hybridized carbons (Fsp3) is 0.333. The molecule has 0 saturated carbocycles. The summed E-state index contributed by atoms with van der Waals surface area (Å²) in [6, 6.07) is 5.40. The smallest absolute Gasteiger partial charge is 0.317 e. The van der Waals surface area contributed by atoms with Crippen LogP contribution >= 0.6 is 31.9 Å². The second-order valence-corrected chi connectivity index (χ2v) is 5.64. The molecule has 7 heteroatoms. The number of nitrogens with zero attached hydrogens (tertiary/aromatic N) is 1. The van der Waals surface area contributed by atoms with Gasteiger partial charge in [-0.05, 0) is 40.7 Å². The van der Waals surface area contributed by atoms with E-state index in [0.29, 0.717) is 12.2 Å². The van der Waals surface area contributed by atoms with Crippen LogP contribution in [0.2, 0.25) is 0 Å². The summed E-state index contributed by atoms with van der Waals surface area (Å²) in [5.74, 6) is -1.19. The summed E-state index contributed by atoms with van der Waals surface area (Å²) in [6.07, 6.45) is 0. The van der Waals surface area contributed by atoms with Gasteiger partial charge in [-0.15, -0.1) is 0 Å². The number of nitrogens with one attached hydrogen (secondary N) is 1. The highest BCUT2D eigenvalue weighted by Gasteiger charge is 2.13. The highest BCUT2D eigenvalue weighted by molar-refractivity contribution is 9.11. The van der Waals surface area contributed by atoms with Crippen LogP contribution in [0.25, 0.3) is 0 Å². The number of anilines is 1. The summed E-state index contributed by atoms with van der Waals surface area (Å²) in [6.45, 7) is 2.21. The molecule has 0 aliphatic heterocycles. The Hall–Kier alpha value is -0.920. The summed E-state index contributed by atoms with van der Waals surface area (Å²) in [4.78, 5) is 24.0. The van der Waals surface area contributed by atoms with E-state index in [2.05, 4.69) is 37.2 Å². The van der Waals surface area contributed by atoms with Gasteiger partial charge in [0.15, 0.2) is 0 Å². The van der Waals surface area contributed by atoms with Crippen molar-refractivity contribution in [2.24, 2.45) is 0 Å². The highest BCUT2D eigenvalue weighted by atomic mass is 79.9. The molecule has 104 valence electrons. The monoisotopic (exact) mass is 392 g/mol. The van der Waals surface area contributed by atoms with Gasteiger partial charge >= 0.3 is 5.97 Å². The number of hydrogen-bond acceptors (Lipinski definition) is 3. The summed E-state index contributed by atoms with van der Waals surface area (Å²) in [7, 11) is 0. The second-order valence-electron chi connectivity index (χ2n) is 3.87. The number of halogens is 2. The van der Waals surface area contributed by atoms with Crippen LogP contribution in [0.4, 0.5) is 5.69 Å². The molecule has 1 rings (SSSR count). The molecule has 0 fully saturated rings. The maximum absolute atomic E-state index is 11.8. The zero-order valence-corrected chi connectivity index (χ0v) is 13.5. The summed E-state index contributed by atoms with van der Waals surface area (Å²) in [5.41, 5.74) is 0.652. The van der Waals surface area contributed by atoms with Crippen LogP contribution in [0.5, 0.6) is 0 Å². The van der Waals surface area contributed by atoms with Gasteiger partial charge in [0.25, 0.3) is 0 Å². The van der Waals surface area contributed by atoms with Gasteiger partial charge in [0.2, 0.25) is 5.91 Å². The van der Waals surface area contributed by atoms with Crippen LogP contribution in [0.3, 0.4) is 0 Å². The third-order valence-electron chi connectivity index (χ3n) is 2.38. The van der Waals surface area contributed by atoms with Crippen molar-refractivity contribution < 1.29 is 14.7 Å². The Labute approximate surface area is 128 Å². The predicted molar refractivity (Wildman–Crippen MR) is 80.2 cm³/mol. The average Bonchev–Trinajstić information content (AvgIpc) is 2.31. The van der Waals surface area contributed by atoms with E-state index in [1.54, 1.807) is 11.0 Å². The van der Waals surface area contributed by atoms with E-state index in [9.17, 15) is 9.59 Å². The molecule has 1 aromatic carbocycles. The van der Waals surface area contributed by atoms with Crippen molar-refractivity contribution in [1.82, 2.24) is 4.90 Å². The summed E-state index contributed by atoms with van der Waals surface area (Å²) in [5, 5.41) is 11.4. The molecular formula is C12H14Br2N2O3. The standard InChI is InChI=1S/C12H14Br2N2O3/c1-2-16(7-12(18)19)6-11(17)15-10-4-3-8(13)5-9(10)14/h3-5H,2,6-7H2,1H3,(H,15,17)(H,18,19). The quantitative estimate of drug-likeness (QED) is 0.779. The first-order valence-electron chi connectivity index (χ1n) is 5.61. The molecule has 2 N–H and O–H groups in total. The van der Waals surface area contributed by atoms with Crippen LogP contribution in [-0.4, -0.2) is 41.5 Å². The van der Waals surface area contributed by atoms with Crippen molar-refractivity contribution in [2.45, 2.75) is 6.92 Å². The second kappa shape index (κ2) is 7.62. The van der Waals surface area contributed by atoms with Crippen molar-refractivity contribution in [3.63, 3.8) is 0 Å². The van der Waals surface area contributed by atoms with Crippen LogP contribution in [-0.2, 0) is 9.59 Å². The third kappa shape index (κ3) is 5.71. The molecule has 0 aliphatic rings. The first kappa shape index (κ1) is 16.1. The molecule has 19 heavy (non-hydrogen) atoms. The van der Waals surface area contributed by atoms with Gasteiger partial charge in [-0.1, -0.05) is 22.9 Å². The molecule has 0 aliphatic carbocycles. The van der Waals surface area contributed by atoms with Gasteiger partial charge in [0, 0.05) is 8.95 Å². The molecule has 0 radical (unpaired) electrons. The minimum Gasteiger partial charge on any atom is -0.480 e. The van der Waals surface area contributed by atoms with Crippen molar-refractivity contribution in [1.29, 1.82) is 0 Å². The number of rotatable bonds is 6. The van der Waals surface area contributed by atoms with Crippen LogP contribution in [0.15, 0.2) is 27.1 Å². The molecule has 1 aromatic rings. The highest BCUT2D eigenvalue weighted by Crippen LogP contribution is 2.26. The molecule has 0 bridgehead atoms. The minimum absolute atomic E-state index is 0.0469. The lowest BCUT2D eigenvalue weighted by molar-refractivity contribution is -0.138. The fourth-order valence-electron chi connectivity index (χ4n) is 1.45. The van der Waals surface area contributed by atoms with Crippen molar-refractivity contribution in [2.75, 3.05) is 25.0 Å². The number of carboxylic acid groups (broad SMARTS) is 1. The Balaban J connectivity index is 2.61. The van der Waals surface area contributed by atoms with Crippen molar-refractivity contribution in [3.05, 3.63) is 27.1 Å². The minimum atomic E-state index is -0.945. The third-order valence-corrected chi connectivity index (χ3v) is 3.53. The summed E-state index contributed by atoms with van der Waals surface area (Å²) < 4.78 is 1.66. The Morgan fingerprint density at radius 1 is 1.32 bits per heavy atom. The molecule has 0 heterocycles. The van der Waals surface area contributed by atoms with E-state index >= 15 is 0 Å². The molecule has 0 unspecified atom stereocenters. The fourth-order valence-corrected chi connectivity index (χ4v) is 2.60. The number of hydrogen-bond donors (Lipinski definition) is 2. The van der Waals surface area contributed by atoms with Gasteiger partial charge in [-0.3, -0.25) is 14.5 Å². The van der Waals surface area contributed by atoms with E-state index in [0.717, 1.165) is 8.95 Å². The maximum Gasteiger partial charge on any atom is 0.317 e. The van der Waals surface area contributed by atoms with E-state index in [-0.39, 0.29) is 19.0 Å².